The number of rotatable bonds is 7. The van der Waals surface area contributed by atoms with Gasteiger partial charge >= 0.3 is 11.7 Å². The van der Waals surface area contributed by atoms with Crippen LogP contribution in [-0.4, -0.2) is 51.1 Å². The second kappa shape index (κ2) is 7.47. The highest BCUT2D eigenvalue weighted by Gasteiger charge is 2.18. The SMILES string of the molecule is CCOC(=O)CSc1nc2c(c(=O)[nH]c(=O)n2C)n1CCOC. The van der Waals surface area contributed by atoms with Crippen molar-refractivity contribution in [3.05, 3.63) is 20.8 Å². The molecular formula is C13H18N4O5S. The third-order valence-corrected chi connectivity index (χ3v) is 4.07. The number of carbonyl (C=O) groups is 1. The zero-order valence-electron chi connectivity index (χ0n) is 13.1. The molecule has 9 nitrogen and oxygen atoms in total. The maximum Gasteiger partial charge on any atom is 0.329 e. The molecule has 0 atom stereocenters. The molecular weight excluding hydrogens is 324 g/mol. The number of fused-ring (bicyclic) bond motifs is 1. The van der Waals surface area contributed by atoms with Crippen molar-refractivity contribution in [3.8, 4) is 0 Å². The number of hydrogen-bond donors (Lipinski definition) is 1. The highest BCUT2D eigenvalue weighted by atomic mass is 32.2. The van der Waals surface area contributed by atoms with Gasteiger partial charge in [0.1, 0.15) is 0 Å². The lowest BCUT2D eigenvalue weighted by Gasteiger charge is -2.07. The minimum Gasteiger partial charge on any atom is -0.465 e. The van der Waals surface area contributed by atoms with E-state index in [2.05, 4.69) is 9.97 Å². The third kappa shape index (κ3) is 3.64. The maximum atomic E-state index is 12.1. The van der Waals surface area contributed by atoms with E-state index in [-0.39, 0.29) is 22.9 Å². The van der Waals surface area contributed by atoms with Gasteiger partial charge in [0, 0.05) is 20.7 Å². The van der Waals surface area contributed by atoms with Crippen LogP contribution in [0.25, 0.3) is 11.2 Å². The Kier molecular flexibility index (Phi) is 5.61. The van der Waals surface area contributed by atoms with Gasteiger partial charge in [-0.3, -0.25) is 19.1 Å². The number of ether oxygens (including phenoxy) is 2. The van der Waals surface area contributed by atoms with E-state index in [1.807, 2.05) is 0 Å². The second-order valence-electron chi connectivity index (χ2n) is 4.62. The van der Waals surface area contributed by atoms with Crippen LogP contribution in [0.3, 0.4) is 0 Å². The summed E-state index contributed by atoms with van der Waals surface area (Å²) in [5.74, 6) is -0.304. The molecule has 0 aliphatic carbocycles. The van der Waals surface area contributed by atoms with E-state index in [9.17, 15) is 14.4 Å². The fourth-order valence-corrected chi connectivity index (χ4v) is 2.86. The van der Waals surface area contributed by atoms with Gasteiger partial charge in [0.15, 0.2) is 16.3 Å². The number of nitrogens with zero attached hydrogens (tertiary/aromatic N) is 3. The molecule has 0 aliphatic heterocycles. The Morgan fingerprint density at radius 3 is 2.78 bits per heavy atom. The molecule has 0 saturated carbocycles. The summed E-state index contributed by atoms with van der Waals surface area (Å²) >= 11 is 1.15. The van der Waals surface area contributed by atoms with Crippen LogP contribution in [0, 0.1) is 0 Å². The molecule has 0 amide bonds. The molecule has 0 spiro atoms. The molecule has 2 aromatic rings. The zero-order chi connectivity index (χ0) is 17.0. The normalized spacial score (nSPS) is 11.1. The summed E-state index contributed by atoms with van der Waals surface area (Å²) in [6.07, 6.45) is 0. The fraction of sp³-hybridized carbons (Fsp3) is 0.538. The van der Waals surface area contributed by atoms with Crippen LogP contribution in [0.15, 0.2) is 14.7 Å². The van der Waals surface area contributed by atoms with Crippen molar-refractivity contribution in [1.29, 1.82) is 0 Å². The lowest BCUT2D eigenvalue weighted by Crippen LogP contribution is -2.29. The molecule has 0 unspecified atom stereocenters. The van der Waals surface area contributed by atoms with Gasteiger partial charge in [0.2, 0.25) is 0 Å². The summed E-state index contributed by atoms with van der Waals surface area (Å²) in [7, 11) is 3.07. The number of carbonyl (C=O) groups excluding carboxylic acids is 1. The Balaban J connectivity index is 2.48. The van der Waals surface area contributed by atoms with Crippen molar-refractivity contribution in [2.24, 2.45) is 7.05 Å². The van der Waals surface area contributed by atoms with Crippen LogP contribution in [-0.2, 0) is 27.9 Å². The average Bonchev–Trinajstić information content (AvgIpc) is 2.88. The topological polar surface area (TPSA) is 108 Å². The van der Waals surface area contributed by atoms with Crippen LogP contribution >= 0.6 is 11.8 Å². The van der Waals surface area contributed by atoms with E-state index in [0.717, 1.165) is 11.8 Å². The number of aromatic amines is 1. The van der Waals surface area contributed by atoms with Crippen LogP contribution in [0.2, 0.25) is 0 Å². The summed E-state index contributed by atoms with van der Waals surface area (Å²) < 4.78 is 12.8. The van der Waals surface area contributed by atoms with Crippen molar-refractivity contribution in [1.82, 2.24) is 19.1 Å². The number of esters is 1. The van der Waals surface area contributed by atoms with Gasteiger partial charge < -0.3 is 14.0 Å². The Hall–Kier alpha value is -2.07. The van der Waals surface area contributed by atoms with Gasteiger partial charge in [-0.25, -0.2) is 9.78 Å². The molecule has 0 radical (unpaired) electrons. The summed E-state index contributed by atoms with van der Waals surface area (Å²) in [6, 6.07) is 0. The van der Waals surface area contributed by atoms with E-state index in [1.165, 1.54) is 11.6 Å². The zero-order valence-corrected chi connectivity index (χ0v) is 13.9. The molecule has 23 heavy (non-hydrogen) atoms. The van der Waals surface area contributed by atoms with Gasteiger partial charge in [-0.2, -0.15) is 0 Å². The molecule has 10 heteroatoms. The first-order chi connectivity index (χ1) is 11.0. The molecule has 2 heterocycles. The first-order valence-corrected chi connectivity index (χ1v) is 7.95. The molecule has 1 N–H and O–H groups in total. The lowest BCUT2D eigenvalue weighted by molar-refractivity contribution is -0.139. The monoisotopic (exact) mass is 342 g/mol. The number of methoxy groups -OCH3 is 1. The van der Waals surface area contributed by atoms with Crippen LogP contribution in [0.1, 0.15) is 6.92 Å². The smallest absolute Gasteiger partial charge is 0.329 e. The van der Waals surface area contributed by atoms with Crippen molar-refractivity contribution < 1.29 is 14.3 Å². The first-order valence-electron chi connectivity index (χ1n) is 6.96. The molecule has 0 aromatic carbocycles. The van der Waals surface area contributed by atoms with Gasteiger partial charge in [-0.15, -0.1) is 0 Å². The molecule has 2 rings (SSSR count). The Labute approximate surface area is 135 Å². The number of aromatic nitrogens is 4. The van der Waals surface area contributed by atoms with Crippen molar-refractivity contribution >= 4 is 28.9 Å². The van der Waals surface area contributed by atoms with E-state index >= 15 is 0 Å². The summed E-state index contributed by atoms with van der Waals surface area (Å²) in [4.78, 5) is 41.9. The van der Waals surface area contributed by atoms with Gasteiger partial charge in [0.25, 0.3) is 5.56 Å². The molecule has 126 valence electrons. The minimum absolute atomic E-state index is 0.0655. The van der Waals surface area contributed by atoms with Crippen molar-refractivity contribution in [2.45, 2.75) is 18.6 Å². The molecule has 0 fully saturated rings. The highest BCUT2D eigenvalue weighted by molar-refractivity contribution is 7.99. The average molecular weight is 342 g/mol. The Bertz CT molecular complexity index is 822. The summed E-state index contributed by atoms with van der Waals surface area (Å²) in [5, 5.41) is 0.455. The van der Waals surface area contributed by atoms with Crippen LogP contribution in [0.4, 0.5) is 0 Å². The number of aryl methyl sites for hydroxylation is 1. The van der Waals surface area contributed by atoms with Gasteiger partial charge in [-0.05, 0) is 6.92 Å². The first kappa shape index (κ1) is 17.3. The largest absolute Gasteiger partial charge is 0.465 e. The third-order valence-electron chi connectivity index (χ3n) is 3.12. The van der Waals surface area contributed by atoms with E-state index in [4.69, 9.17) is 9.47 Å². The number of imidazole rings is 1. The highest BCUT2D eigenvalue weighted by Crippen LogP contribution is 2.21. The standard InChI is InChI=1S/C13H18N4O5S/c1-4-22-8(18)7-23-13-14-10-9(17(13)5-6-21-3)11(19)15-12(20)16(10)2/h4-7H2,1-3H3,(H,15,19,20). The summed E-state index contributed by atoms with van der Waals surface area (Å²) in [6.45, 7) is 2.76. The maximum absolute atomic E-state index is 12.1. The quantitative estimate of drug-likeness (QED) is 0.545. The van der Waals surface area contributed by atoms with Gasteiger partial charge in [0.05, 0.1) is 19.0 Å². The summed E-state index contributed by atoms with van der Waals surface area (Å²) in [5.41, 5.74) is -0.521. The van der Waals surface area contributed by atoms with E-state index < -0.39 is 11.2 Å². The predicted molar refractivity (Wildman–Crippen MR) is 84.8 cm³/mol. The lowest BCUT2D eigenvalue weighted by atomic mass is 10.5. The number of hydrogen-bond acceptors (Lipinski definition) is 7. The minimum atomic E-state index is -0.541. The Morgan fingerprint density at radius 1 is 1.39 bits per heavy atom. The van der Waals surface area contributed by atoms with Gasteiger partial charge in [-0.1, -0.05) is 11.8 Å². The van der Waals surface area contributed by atoms with E-state index in [1.54, 1.807) is 18.6 Å². The molecule has 0 saturated heterocycles. The van der Waals surface area contributed by atoms with E-state index in [0.29, 0.717) is 24.9 Å². The predicted octanol–water partition coefficient (Wildman–Crippen LogP) is -0.275. The molecule has 2 aromatic heterocycles. The van der Waals surface area contributed by atoms with Crippen LogP contribution in [0.5, 0.6) is 0 Å². The number of nitrogens with one attached hydrogen (secondary N) is 1. The van der Waals surface area contributed by atoms with Crippen molar-refractivity contribution in [2.75, 3.05) is 26.1 Å². The Morgan fingerprint density at radius 2 is 2.13 bits per heavy atom. The second-order valence-corrected chi connectivity index (χ2v) is 5.57. The molecule has 0 bridgehead atoms. The number of H-pyrrole nitrogens is 1. The molecule has 0 aliphatic rings. The van der Waals surface area contributed by atoms with Crippen LogP contribution < -0.4 is 11.2 Å². The fourth-order valence-electron chi connectivity index (χ4n) is 2.04. The number of thioether (sulfide) groups is 1. The van der Waals surface area contributed by atoms with Crippen molar-refractivity contribution in [3.63, 3.8) is 0 Å².